The molecule has 0 aliphatic carbocycles. The molecule has 0 saturated heterocycles. The molecule has 0 amide bonds. The van der Waals surface area contributed by atoms with Crippen molar-refractivity contribution in [2.75, 3.05) is 0 Å². The summed E-state index contributed by atoms with van der Waals surface area (Å²) in [5, 5.41) is 0. The minimum atomic E-state index is -1.22. The normalized spacial score (nSPS) is 15.2. The first-order valence-corrected chi connectivity index (χ1v) is 30.4. The average Bonchev–Trinajstić information content (AvgIpc) is 0.722. The van der Waals surface area contributed by atoms with Crippen molar-refractivity contribution in [1.29, 1.82) is 0 Å². The molecule has 0 atom stereocenters. The Morgan fingerprint density at radius 3 is 0.800 bits per heavy atom. The zero-order valence-corrected chi connectivity index (χ0v) is 13.1. The van der Waals surface area contributed by atoms with E-state index in [1.54, 1.807) is 0 Å². The number of halogens is 4. The van der Waals surface area contributed by atoms with Gasteiger partial charge in [0.2, 0.25) is 0 Å². The third-order valence-corrected chi connectivity index (χ3v) is 0. The predicted molar refractivity (Wildman–Crippen MR) is 61.8 cm³/mol. The zero-order valence-electron chi connectivity index (χ0n) is 1.96. The molecule has 0 aromatic heterocycles. The van der Waals surface area contributed by atoms with Gasteiger partial charge in [-0.1, -0.05) is 0 Å². The zero-order chi connectivity index (χ0) is 4.50. The van der Waals surface area contributed by atoms with Gasteiger partial charge in [0.05, 0.1) is 0 Å². The molecular formula is I4Sb-. The topological polar surface area (TPSA) is 0 Å². The Morgan fingerprint density at radius 1 is 0.800 bits per heavy atom. The Morgan fingerprint density at radius 2 is 0.800 bits per heavy atom. The van der Waals surface area contributed by atoms with Crippen LogP contribution in [0, 0.1) is 0 Å². The molecule has 0 nitrogen and oxygen atoms in total. The standard InChI is InChI=1S/4HI.Sb/h4*1H;/q;;;;+3/p-4. The van der Waals surface area contributed by atoms with Crippen LogP contribution in [-0.2, 0) is 0 Å². The van der Waals surface area contributed by atoms with E-state index in [1.807, 2.05) is 0 Å². The fourth-order valence-corrected chi connectivity index (χ4v) is 0. The minimum absolute atomic E-state index is 1.22. The van der Waals surface area contributed by atoms with Crippen LogP contribution in [0.2, 0.25) is 0 Å². The summed E-state index contributed by atoms with van der Waals surface area (Å²) in [5.74, 6) is 0. The molecule has 0 aliphatic rings. The van der Waals surface area contributed by atoms with Crippen LogP contribution < -0.4 is 0 Å². The van der Waals surface area contributed by atoms with Crippen LogP contribution in [0.4, 0.5) is 0 Å². The maximum absolute atomic E-state index is 2.54. The van der Waals surface area contributed by atoms with Gasteiger partial charge in [0.25, 0.3) is 0 Å². The van der Waals surface area contributed by atoms with E-state index in [0.717, 1.165) is 0 Å². The van der Waals surface area contributed by atoms with E-state index in [0.29, 0.717) is 0 Å². The third-order valence-electron chi connectivity index (χ3n) is 0. The van der Waals surface area contributed by atoms with Gasteiger partial charge in [-0.15, -0.1) is 0 Å². The molecular weight excluding hydrogens is 629 g/mol. The van der Waals surface area contributed by atoms with E-state index in [1.165, 1.54) is 0 Å². The fraction of sp³-hybridized carbons (Fsp3) is 0. The Balaban J connectivity index is 3.02. The van der Waals surface area contributed by atoms with Gasteiger partial charge in [0, 0.05) is 0 Å². The first-order chi connectivity index (χ1) is 2.00. The van der Waals surface area contributed by atoms with Crippen molar-refractivity contribution >= 4 is 76.7 Å². The second-order valence-electron chi connectivity index (χ2n) is 0.383. The molecule has 0 saturated carbocycles. The van der Waals surface area contributed by atoms with E-state index < -0.39 is 2.73 Å². The summed E-state index contributed by atoms with van der Waals surface area (Å²) in [6.07, 6.45) is 0. The summed E-state index contributed by atoms with van der Waals surface area (Å²) in [7, 11) is 0. The third kappa shape index (κ3) is 18.2. The van der Waals surface area contributed by atoms with Crippen LogP contribution in [0.15, 0.2) is 0 Å². The number of hydrogen-bond acceptors (Lipinski definition) is 0. The SMILES string of the molecule is [I][Sb-]([I])([I])[I]. The van der Waals surface area contributed by atoms with Gasteiger partial charge >= 0.3 is 76.7 Å². The van der Waals surface area contributed by atoms with Crippen molar-refractivity contribution in [2.45, 2.75) is 0 Å². The molecule has 0 unspecified atom stereocenters. The van der Waals surface area contributed by atoms with Crippen LogP contribution in [-0.4, -0.2) is 2.73 Å². The first kappa shape index (κ1) is 8.74. The number of rotatable bonds is 0. The molecule has 0 N–H and O–H groups in total. The van der Waals surface area contributed by atoms with E-state index >= 15 is 0 Å². The molecule has 0 bridgehead atoms. The second-order valence-corrected chi connectivity index (χ2v) is 116. The Kier molecular flexibility index (Phi) is 6.47. The summed E-state index contributed by atoms with van der Waals surface area (Å²) in [5.41, 5.74) is 0. The van der Waals surface area contributed by atoms with Gasteiger partial charge in [-0.05, 0) is 0 Å². The molecule has 0 radical (unpaired) electrons. The summed E-state index contributed by atoms with van der Waals surface area (Å²) in [6.45, 7) is 0. The molecule has 0 heterocycles. The summed E-state index contributed by atoms with van der Waals surface area (Å²) in [6, 6.07) is 0. The monoisotopic (exact) mass is 629 g/mol. The average molecular weight is 629 g/mol. The molecule has 34 valence electrons. The predicted octanol–water partition coefficient (Wildman–Crippen LogP) is 3.16. The van der Waals surface area contributed by atoms with Gasteiger partial charge in [-0.25, -0.2) is 0 Å². The van der Waals surface area contributed by atoms with Crippen molar-refractivity contribution in [1.82, 2.24) is 0 Å². The molecule has 5 heavy (non-hydrogen) atoms. The molecule has 0 aromatic carbocycles. The first-order valence-electron chi connectivity index (χ1n) is 0.676. The van der Waals surface area contributed by atoms with Gasteiger partial charge in [-0.3, -0.25) is 0 Å². The van der Waals surface area contributed by atoms with Gasteiger partial charge in [0.15, 0.2) is 0 Å². The van der Waals surface area contributed by atoms with Crippen molar-refractivity contribution in [2.24, 2.45) is 0 Å². The van der Waals surface area contributed by atoms with Crippen LogP contribution in [0.25, 0.3) is 0 Å². The van der Waals surface area contributed by atoms with E-state index in [9.17, 15) is 0 Å². The van der Waals surface area contributed by atoms with Crippen LogP contribution in [0.1, 0.15) is 0 Å². The Labute approximate surface area is 73.9 Å². The Hall–Kier alpha value is 3.74. The molecule has 5 heteroatoms. The van der Waals surface area contributed by atoms with E-state index in [-0.39, 0.29) is 0 Å². The van der Waals surface area contributed by atoms with Crippen molar-refractivity contribution in [3.8, 4) is 0 Å². The van der Waals surface area contributed by atoms with Crippen LogP contribution in [0.3, 0.4) is 0 Å². The van der Waals surface area contributed by atoms with Gasteiger partial charge in [0.1, 0.15) is 0 Å². The quantitative estimate of drug-likeness (QED) is 0.286. The van der Waals surface area contributed by atoms with Crippen molar-refractivity contribution in [3.63, 3.8) is 0 Å². The van der Waals surface area contributed by atoms with E-state index in [4.69, 9.17) is 0 Å². The molecule has 0 aromatic rings. The second kappa shape index (κ2) is 3.70. The summed E-state index contributed by atoms with van der Waals surface area (Å²) in [4.78, 5) is 0. The summed E-state index contributed by atoms with van der Waals surface area (Å²) < 4.78 is -1.22. The fourth-order valence-electron chi connectivity index (χ4n) is 0. The van der Waals surface area contributed by atoms with E-state index in [2.05, 4.69) is 74.0 Å². The van der Waals surface area contributed by atoms with Crippen LogP contribution >= 0.6 is 74.0 Å². The maximum atomic E-state index is 2.54. The van der Waals surface area contributed by atoms with Gasteiger partial charge in [-0.2, -0.15) is 0 Å². The number of hydrogen-bond donors (Lipinski definition) is 0. The van der Waals surface area contributed by atoms with Crippen molar-refractivity contribution < 1.29 is 0 Å². The molecule has 0 aliphatic heterocycles. The summed E-state index contributed by atoms with van der Waals surface area (Å²) >= 11 is 10.2. The Bertz CT molecular complexity index is 19.1. The van der Waals surface area contributed by atoms with Gasteiger partial charge < -0.3 is 0 Å². The van der Waals surface area contributed by atoms with Crippen molar-refractivity contribution in [3.05, 3.63) is 0 Å². The molecule has 0 rings (SSSR count). The molecule has 0 fully saturated rings. The molecule has 0 spiro atoms. The van der Waals surface area contributed by atoms with Crippen LogP contribution in [0.5, 0.6) is 0 Å².